The molecule has 2 aliphatic rings. The number of hydrogen-bond acceptors (Lipinski definition) is 7. The van der Waals surface area contributed by atoms with Gasteiger partial charge in [0.2, 0.25) is 5.96 Å². The lowest BCUT2D eigenvalue weighted by Gasteiger charge is -2.30. The van der Waals surface area contributed by atoms with Gasteiger partial charge in [0.25, 0.3) is 0 Å². The molecular formula is C17H19N7O. The van der Waals surface area contributed by atoms with Gasteiger partial charge >= 0.3 is 0 Å². The van der Waals surface area contributed by atoms with Gasteiger partial charge in [-0.3, -0.25) is 9.88 Å². The van der Waals surface area contributed by atoms with E-state index in [9.17, 15) is 0 Å². The fourth-order valence-electron chi connectivity index (χ4n) is 3.09. The van der Waals surface area contributed by atoms with Crippen LogP contribution >= 0.6 is 0 Å². The third-order valence-corrected chi connectivity index (χ3v) is 4.50. The van der Waals surface area contributed by atoms with Crippen LogP contribution in [-0.4, -0.2) is 53.2 Å². The first kappa shape index (κ1) is 15.9. The summed E-state index contributed by atoms with van der Waals surface area (Å²) in [6, 6.07) is 7.56. The summed E-state index contributed by atoms with van der Waals surface area (Å²) in [7, 11) is 0. The molecule has 1 fully saturated rings. The fraction of sp³-hybridized carbons (Fsp3) is 0.412. The van der Waals surface area contributed by atoms with E-state index in [0.717, 1.165) is 37.1 Å². The Kier molecular flexibility index (Phi) is 4.28. The number of fused-ring (bicyclic) bond motifs is 1. The molecule has 3 N–H and O–H groups in total. The number of imidazole rings is 1. The Balaban J connectivity index is 1.64. The molecule has 1 aromatic heterocycles. The molecule has 25 heavy (non-hydrogen) atoms. The number of nitrogens with two attached hydrogens (primary N) is 1. The number of aromatic nitrogens is 2. The molecule has 128 valence electrons. The van der Waals surface area contributed by atoms with E-state index < -0.39 is 0 Å². The van der Waals surface area contributed by atoms with Crippen molar-refractivity contribution in [3.8, 4) is 6.07 Å². The molecule has 2 atom stereocenters. The Morgan fingerprint density at radius 3 is 2.96 bits per heavy atom. The molecule has 1 saturated heterocycles. The largest absolute Gasteiger partial charge is 0.381 e. The van der Waals surface area contributed by atoms with Gasteiger partial charge in [0, 0.05) is 25.5 Å². The Hall–Kier alpha value is -2.60. The molecule has 2 unspecified atom stereocenters. The van der Waals surface area contributed by atoms with Gasteiger partial charge < -0.3 is 10.5 Å². The van der Waals surface area contributed by atoms with E-state index in [1.54, 1.807) is 29.2 Å². The van der Waals surface area contributed by atoms with Crippen molar-refractivity contribution >= 4 is 23.2 Å². The van der Waals surface area contributed by atoms with Crippen molar-refractivity contribution in [3.05, 3.63) is 30.1 Å². The first-order chi connectivity index (χ1) is 12.2. The van der Waals surface area contributed by atoms with Gasteiger partial charge in [-0.25, -0.2) is 15.0 Å². The van der Waals surface area contributed by atoms with Gasteiger partial charge in [0.05, 0.1) is 28.7 Å². The summed E-state index contributed by atoms with van der Waals surface area (Å²) >= 11 is 0. The minimum atomic E-state index is -0.281. The second kappa shape index (κ2) is 6.72. The second-order valence-electron chi connectivity index (χ2n) is 6.21. The summed E-state index contributed by atoms with van der Waals surface area (Å²) < 4.78 is 7.18. The van der Waals surface area contributed by atoms with Crippen LogP contribution in [0.25, 0.3) is 11.0 Å². The number of rotatable bonds is 2. The van der Waals surface area contributed by atoms with Crippen molar-refractivity contribution in [2.75, 3.05) is 13.2 Å². The Morgan fingerprint density at radius 2 is 2.16 bits per heavy atom. The Labute approximate surface area is 145 Å². The van der Waals surface area contributed by atoms with E-state index in [0.29, 0.717) is 17.6 Å². The average molecular weight is 337 g/mol. The SMILES string of the molecule is N#Cc1ccc2ncn(C3=NC(NC4CCOCC4)C(N)C=N3)c2c1. The average Bonchev–Trinajstić information content (AvgIpc) is 3.07. The van der Waals surface area contributed by atoms with Crippen LogP contribution in [0.15, 0.2) is 34.5 Å². The van der Waals surface area contributed by atoms with E-state index in [4.69, 9.17) is 15.7 Å². The third-order valence-electron chi connectivity index (χ3n) is 4.50. The number of nitriles is 1. The molecule has 3 heterocycles. The molecule has 8 heteroatoms. The van der Waals surface area contributed by atoms with Crippen LogP contribution in [0.2, 0.25) is 0 Å². The van der Waals surface area contributed by atoms with Crippen molar-refractivity contribution in [3.63, 3.8) is 0 Å². The van der Waals surface area contributed by atoms with Crippen LogP contribution in [0.3, 0.4) is 0 Å². The maximum Gasteiger partial charge on any atom is 0.232 e. The van der Waals surface area contributed by atoms with E-state index in [1.807, 2.05) is 6.07 Å². The Morgan fingerprint density at radius 1 is 1.32 bits per heavy atom. The van der Waals surface area contributed by atoms with Gasteiger partial charge in [0.15, 0.2) is 0 Å². The monoisotopic (exact) mass is 337 g/mol. The van der Waals surface area contributed by atoms with Crippen LogP contribution in [0.1, 0.15) is 18.4 Å². The predicted octanol–water partition coefficient (Wildman–Crippen LogP) is 0.618. The second-order valence-corrected chi connectivity index (χ2v) is 6.21. The van der Waals surface area contributed by atoms with Gasteiger partial charge in [-0.1, -0.05) is 0 Å². The highest BCUT2D eigenvalue weighted by molar-refractivity contribution is 5.98. The quantitative estimate of drug-likeness (QED) is 0.834. The lowest BCUT2D eigenvalue weighted by molar-refractivity contribution is 0.0749. The molecule has 0 amide bonds. The highest BCUT2D eigenvalue weighted by Crippen LogP contribution is 2.17. The molecule has 0 bridgehead atoms. The summed E-state index contributed by atoms with van der Waals surface area (Å²) in [5, 5.41) is 12.6. The van der Waals surface area contributed by atoms with Gasteiger partial charge in [-0.05, 0) is 31.0 Å². The number of nitrogens with one attached hydrogen (secondary N) is 1. The van der Waals surface area contributed by atoms with E-state index in [1.165, 1.54) is 0 Å². The molecule has 8 nitrogen and oxygen atoms in total. The number of benzene rings is 1. The van der Waals surface area contributed by atoms with Crippen LogP contribution in [-0.2, 0) is 4.74 Å². The lowest BCUT2D eigenvalue weighted by Crippen LogP contribution is -2.52. The Bertz CT molecular complexity index is 873. The molecule has 4 rings (SSSR count). The first-order valence-electron chi connectivity index (χ1n) is 8.33. The third kappa shape index (κ3) is 3.17. The smallest absolute Gasteiger partial charge is 0.232 e. The number of ether oxygens (including phenoxy) is 1. The number of aliphatic imine (C=N–C) groups is 2. The molecular weight excluding hydrogens is 318 g/mol. The van der Waals surface area contributed by atoms with E-state index in [-0.39, 0.29) is 12.2 Å². The molecule has 0 spiro atoms. The highest BCUT2D eigenvalue weighted by atomic mass is 16.5. The molecule has 1 aromatic carbocycles. The highest BCUT2D eigenvalue weighted by Gasteiger charge is 2.25. The van der Waals surface area contributed by atoms with Crippen molar-refractivity contribution in [1.29, 1.82) is 5.26 Å². The van der Waals surface area contributed by atoms with Crippen LogP contribution in [0.4, 0.5) is 0 Å². The lowest BCUT2D eigenvalue weighted by atomic mass is 10.1. The molecule has 0 aliphatic carbocycles. The van der Waals surface area contributed by atoms with E-state index >= 15 is 0 Å². The zero-order valence-electron chi connectivity index (χ0n) is 13.7. The van der Waals surface area contributed by atoms with Crippen molar-refractivity contribution < 1.29 is 4.74 Å². The topological polar surface area (TPSA) is 114 Å². The van der Waals surface area contributed by atoms with Crippen LogP contribution in [0.5, 0.6) is 0 Å². The first-order valence-corrected chi connectivity index (χ1v) is 8.33. The van der Waals surface area contributed by atoms with Crippen LogP contribution < -0.4 is 11.1 Å². The molecule has 0 radical (unpaired) electrons. The molecule has 0 saturated carbocycles. The van der Waals surface area contributed by atoms with Crippen molar-refractivity contribution in [2.45, 2.75) is 31.1 Å². The van der Waals surface area contributed by atoms with Gasteiger partial charge in [0.1, 0.15) is 12.5 Å². The standard InChI is InChI=1S/C17H19N7O/c18-8-11-1-2-14-15(7-11)24(10-21-14)17-20-9-13(19)16(23-17)22-12-3-5-25-6-4-12/h1-2,7,9-10,12-13,16,22H,3-6,19H2. The summed E-state index contributed by atoms with van der Waals surface area (Å²) in [5.41, 5.74) is 8.32. The minimum absolute atomic E-state index is 0.243. The van der Waals surface area contributed by atoms with Crippen molar-refractivity contribution in [1.82, 2.24) is 14.9 Å². The molecule has 2 aliphatic heterocycles. The zero-order valence-corrected chi connectivity index (χ0v) is 13.7. The normalized spacial score (nSPS) is 24.2. The maximum atomic E-state index is 9.12. The maximum absolute atomic E-state index is 9.12. The number of hydrogen-bond donors (Lipinski definition) is 2. The van der Waals surface area contributed by atoms with E-state index in [2.05, 4.69) is 26.4 Å². The van der Waals surface area contributed by atoms with Gasteiger partial charge in [-0.15, -0.1) is 0 Å². The summed E-state index contributed by atoms with van der Waals surface area (Å²) in [4.78, 5) is 13.4. The van der Waals surface area contributed by atoms with Crippen LogP contribution in [0, 0.1) is 11.3 Å². The number of nitrogens with zero attached hydrogens (tertiary/aromatic N) is 5. The summed E-state index contributed by atoms with van der Waals surface area (Å²) in [5.74, 6) is 0.517. The fourth-order valence-corrected chi connectivity index (χ4v) is 3.09. The summed E-state index contributed by atoms with van der Waals surface area (Å²) in [6.45, 7) is 1.51. The predicted molar refractivity (Wildman–Crippen MR) is 94.5 cm³/mol. The zero-order chi connectivity index (χ0) is 17.2. The molecule has 2 aromatic rings. The van der Waals surface area contributed by atoms with Crippen molar-refractivity contribution in [2.24, 2.45) is 15.7 Å². The minimum Gasteiger partial charge on any atom is -0.381 e. The van der Waals surface area contributed by atoms with Gasteiger partial charge in [-0.2, -0.15) is 5.26 Å². The summed E-state index contributed by atoms with van der Waals surface area (Å²) in [6.07, 6.45) is 5.03.